The lowest BCUT2D eigenvalue weighted by Gasteiger charge is -2.03. The van der Waals surface area contributed by atoms with Crippen LogP contribution in [0.3, 0.4) is 0 Å². The first-order chi connectivity index (χ1) is 11.2. The quantitative estimate of drug-likeness (QED) is 0.763. The van der Waals surface area contributed by atoms with Gasteiger partial charge in [-0.2, -0.15) is 0 Å². The van der Waals surface area contributed by atoms with Crippen LogP contribution in [-0.2, 0) is 0 Å². The van der Waals surface area contributed by atoms with E-state index in [4.69, 9.17) is 4.74 Å². The van der Waals surface area contributed by atoms with Crippen molar-refractivity contribution in [3.8, 4) is 17.0 Å². The van der Waals surface area contributed by atoms with Gasteiger partial charge < -0.3 is 4.74 Å². The summed E-state index contributed by atoms with van der Waals surface area (Å²) in [5.41, 5.74) is 3.34. The second kappa shape index (κ2) is 7.70. The van der Waals surface area contributed by atoms with Gasteiger partial charge in [-0.15, -0.1) is 11.3 Å². The van der Waals surface area contributed by atoms with Gasteiger partial charge in [0.2, 0.25) is 0 Å². The Bertz CT molecular complexity index is 828. The zero-order valence-corrected chi connectivity index (χ0v) is 13.6. The van der Waals surface area contributed by atoms with Crippen LogP contribution in [0.1, 0.15) is 23.5 Å². The average molecular weight is 341 g/mol. The lowest BCUT2D eigenvalue weighted by atomic mass is 10.1. The molecule has 0 aliphatic heterocycles. The normalized spacial score (nSPS) is 9.92. The fourth-order valence-electron chi connectivity index (χ4n) is 2.01. The van der Waals surface area contributed by atoms with Gasteiger partial charge in [0.25, 0.3) is 5.91 Å². The summed E-state index contributed by atoms with van der Waals surface area (Å²) in [6.07, 6.45) is 1.54. The number of hydrogen-bond acceptors (Lipinski definition) is 5. The number of amides is 1. The number of aromatic nitrogens is 2. The molecule has 5 nitrogen and oxygen atoms in total. The van der Waals surface area contributed by atoms with Crippen LogP contribution in [0.15, 0.2) is 48.0 Å². The summed E-state index contributed by atoms with van der Waals surface area (Å²) in [6, 6.07) is 11.4. The fourth-order valence-corrected chi connectivity index (χ4v) is 2.73. The number of nitrogens with one attached hydrogen (secondary N) is 1. The van der Waals surface area contributed by atoms with Gasteiger partial charge in [-0.3, -0.25) is 15.1 Å². The van der Waals surface area contributed by atoms with Crippen LogP contribution in [0.4, 0.5) is 5.13 Å². The van der Waals surface area contributed by atoms with Gasteiger partial charge >= 0.3 is 0 Å². The van der Waals surface area contributed by atoms with E-state index in [1.54, 1.807) is 19.2 Å². The van der Waals surface area contributed by atoms with Gasteiger partial charge in [0, 0.05) is 23.2 Å². The molecule has 0 atom stereocenters. The van der Waals surface area contributed by atoms with Gasteiger partial charge in [-0.05, 0) is 13.0 Å². The van der Waals surface area contributed by atoms with Crippen molar-refractivity contribution in [2.75, 3.05) is 12.4 Å². The van der Waals surface area contributed by atoms with Crippen molar-refractivity contribution < 1.29 is 9.53 Å². The summed E-state index contributed by atoms with van der Waals surface area (Å²) in [6.45, 7) is 2.04. The molecule has 3 rings (SSSR count). The highest BCUT2D eigenvalue weighted by atomic mass is 32.1. The lowest BCUT2D eigenvalue weighted by Crippen LogP contribution is -2.13. The van der Waals surface area contributed by atoms with E-state index in [9.17, 15) is 4.79 Å². The van der Waals surface area contributed by atoms with Crippen LogP contribution in [-0.4, -0.2) is 23.0 Å². The number of ether oxygens (including phenoxy) is 1. The Hall–Kier alpha value is -2.73. The van der Waals surface area contributed by atoms with Crippen molar-refractivity contribution in [2.45, 2.75) is 14.4 Å². The molecule has 1 N–H and O–H groups in total. The van der Waals surface area contributed by atoms with Gasteiger partial charge in [0.1, 0.15) is 11.4 Å². The molecular weight excluding hydrogens is 322 g/mol. The van der Waals surface area contributed by atoms with E-state index in [2.05, 4.69) is 15.3 Å². The first-order valence-corrected chi connectivity index (χ1v) is 7.87. The van der Waals surface area contributed by atoms with E-state index in [1.165, 1.54) is 23.1 Å². The number of methoxy groups -OCH3 is 1. The maximum Gasteiger partial charge on any atom is 0.276 e. The van der Waals surface area contributed by atoms with Crippen LogP contribution in [0.25, 0.3) is 11.3 Å². The zero-order chi connectivity index (χ0) is 16.2. The van der Waals surface area contributed by atoms with Crippen molar-refractivity contribution in [1.82, 2.24) is 9.97 Å². The van der Waals surface area contributed by atoms with E-state index < -0.39 is 0 Å². The molecule has 0 unspecified atom stereocenters. The average Bonchev–Trinajstić information content (AvgIpc) is 3.04. The minimum atomic E-state index is -0.311. The van der Waals surface area contributed by atoms with Crippen molar-refractivity contribution in [1.29, 1.82) is 0 Å². The van der Waals surface area contributed by atoms with Gasteiger partial charge in [0.05, 0.1) is 12.8 Å². The lowest BCUT2D eigenvalue weighted by molar-refractivity contribution is 0.102. The summed E-state index contributed by atoms with van der Waals surface area (Å²) in [5.74, 6) is 0.276. The van der Waals surface area contributed by atoms with Gasteiger partial charge in [0.15, 0.2) is 5.13 Å². The second-order valence-electron chi connectivity index (χ2n) is 4.94. The molecule has 0 radical (unpaired) electrons. The minimum absolute atomic E-state index is 0. The molecule has 0 aliphatic rings. The summed E-state index contributed by atoms with van der Waals surface area (Å²) in [4.78, 5) is 20.7. The third kappa shape index (κ3) is 3.97. The number of rotatable bonds is 4. The second-order valence-corrected chi connectivity index (χ2v) is 5.80. The largest absolute Gasteiger partial charge is 0.497 e. The standard InChI is InChI=1S/C17H15N3O2S.CH4/c1-11-3-5-12(6-4-11)15-10-23-17(19-15)20-16(21)14-9-13(22-2)7-8-18-14;/h3-10H,1-2H3,(H,19,20,21);1H4. The molecule has 0 bridgehead atoms. The van der Waals surface area contributed by atoms with Crippen molar-refractivity contribution in [3.05, 3.63) is 59.2 Å². The Kier molecular flexibility index (Phi) is 5.65. The number of hydrogen-bond donors (Lipinski definition) is 1. The van der Waals surface area contributed by atoms with E-state index >= 15 is 0 Å². The molecule has 24 heavy (non-hydrogen) atoms. The molecule has 3 aromatic rings. The highest BCUT2D eigenvalue weighted by Gasteiger charge is 2.12. The first kappa shape index (κ1) is 17.6. The van der Waals surface area contributed by atoms with Crippen LogP contribution in [0.5, 0.6) is 5.75 Å². The molecule has 1 amide bonds. The molecule has 0 saturated heterocycles. The number of carbonyl (C=O) groups is 1. The van der Waals surface area contributed by atoms with Crippen molar-refractivity contribution in [2.24, 2.45) is 0 Å². The Morgan fingerprint density at radius 3 is 2.67 bits per heavy atom. The summed E-state index contributed by atoms with van der Waals surface area (Å²) in [5, 5.41) is 5.21. The number of thiazole rings is 1. The van der Waals surface area contributed by atoms with Crippen LogP contribution >= 0.6 is 11.3 Å². The number of carbonyl (C=O) groups excluding carboxylic acids is 1. The highest BCUT2D eigenvalue weighted by molar-refractivity contribution is 7.14. The molecule has 2 aromatic heterocycles. The molecule has 0 spiro atoms. The topological polar surface area (TPSA) is 64.1 Å². The smallest absolute Gasteiger partial charge is 0.276 e. The number of aryl methyl sites for hydroxylation is 1. The summed E-state index contributed by atoms with van der Waals surface area (Å²) in [7, 11) is 1.55. The van der Waals surface area contributed by atoms with Crippen molar-refractivity contribution in [3.63, 3.8) is 0 Å². The Morgan fingerprint density at radius 1 is 1.21 bits per heavy atom. The predicted octanol–water partition coefficient (Wildman–Crippen LogP) is 4.41. The molecule has 2 heterocycles. The van der Waals surface area contributed by atoms with E-state index in [1.807, 2.05) is 36.6 Å². The maximum atomic E-state index is 12.2. The van der Waals surface area contributed by atoms with Crippen LogP contribution in [0.2, 0.25) is 0 Å². The predicted molar refractivity (Wildman–Crippen MR) is 97.8 cm³/mol. The third-order valence-electron chi connectivity index (χ3n) is 3.27. The van der Waals surface area contributed by atoms with Crippen LogP contribution < -0.4 is 10.1 Å². The zero-order valence-electron chi connectivity index (χ0n) is 12.7. The number of anilines is 1. The molecule has 0 saturated carbocycles. The van der Waals surface area contributed by atoms with Gasteiger partial charge in [-0.25, -0.2) is 4.98 Å². The number of pyridine rings is 1. The van der Waals surface area contributed by atoms with Crippen molar-refractivity contribution >= 4 is 22.4 Å². The fraction of sp³-hybridized carbons (Fsp3) is 0.167. The maximum absolute atomic E-state index is 12.2. The number of nitrogens with zero attached hydrogens (tertiary/aromatic N) is 2. The third-order valence-corrected chi connectivity index (χ3v) is 4.03. The monoisotopic (exact) mass is 341 g/mol. The first-order valence-electron chi connectivity index (χ1n) is 6.99. The Morgan fingerprint density at radius 2 is 1.96 bits per heavy atom. The van der Waals surface area contributed by atoms with E-state index in [0.717, 1.165) is 11.3 Å². The van der Waals surface area contributed by atoms with E-state index in [0.29, 0.717) is 10.9 Å². The van der Waals surface area contributed by atoms with E-state index in [-0.39, 0.29) is 19.0 Å². The highest BCUT2D eigenvalue weighted by Crippen LogP contribution is 2.25. The molecule has 1 aromatic carbocycles. The Balaban J connectivity index is 0.00000208. The summed E-state index contributed by atoms with van der Waals surface area (Å²) >= 11 is 1.38. The Labute approximate surface area is 145 Å². The molecule has 6 heteroatoms. The minimum Gasteiger partial charge on any atom is -0.497 e. The molecule has 124 valence electrons. The number of benzene rings is 1. The molecule has 0 aliphatic carbocycles. The molecule has 0 fully saturated rings. The molecular formula is C18H19N3O2S. The summed E-state index contributed by atoms with van der Waals surface area (Å²) < 4.78 is 5.09. The SMILES string of the molecule is C.COc1ccnc(C(=O)Nc2nc(-c3ccc(C)cc3)cs2)c1. The van der Waals surface area contributed by atoms with Gasteiger partial charge in [-0.1, -0.05) is 37.3 Å². The van der Waals surface area contributed by atoms with Crippen LogP contribution in [0, 0.1) is 6.92 Å².